The molecule has 9 heteroatoms. The average Bonchev–Trinajstić information content (AvgIpc) is 3.33. The molecule has 0 bridgehead atoms. The number of carboxylic acids is 1. The summed E-state index contributed by atoms with van der Waals surface area (Å²) >= 11 is 0. The van der Waals surface area contributed by atoms with Gasteiger partial charge in [0.1, 0.15) is 18.2 Å². The Bertz CT molecular complexity index is 1450. The van der Waals surface area contributed by atoms with Crippen molar-refractivity contribution in [3.8, 4) is 28.1 Å². The van der Waals surface area contributed by atoms with Gasteiger partial charge >= 0.3 is 12.1 Å². The molecular weight excluding hydrogens is 495 g/mol. The van der Waals surface area contributed by atoms with E-state index in [0.717, 1.165) is 22.8 Å². The number of halogens is 3. The van der Waals surface area contributed by atoms with Gasteiger partial charge < -0.3 is 19.7 Å². The first-order chi connectivity index (χ1) is 18.1. The minimum atomic E-state index is -4.64. The quantitative estimate of drug-likeness (QED) is 0.307. The van der Waals surface area contributed by atoms with E-state index in [4.69, 9.17) is 4.74 Å². The van der Waals surface area contributed by atoms with E-state index in [0.29, 0.717) is 24.6 Å². The Morgan fingerprint density at radius 1 is 1.05 bits per heavy atom. The number of carboxylic acid groups (broad SMARTS) is 1. The van der Waals surface area contributed by atoms with Crippen molar-refractivity contribution in [3.63, 3.8) is 0 Å². The monoisotopic (exact) mass is 521 g/mol. The summed E-state index contributed by atoms with van der Waals surface area (Å²) in [5, 5.41) is 12.5. The number of imidazole rings is 1. The SMILES string of the molecule is C[C@@]1(CC(=O)O)NCCn2cc(-c3ccc(OCc4ccc(-c5ccccc5)cc4)c(C(F)(F)F)c3)nc21. The molecule has 0 spiro atoms. The molecule has 1 aromatic heterocycles. The highest BCUT2D eigenvalue weighted by Gasteiger charge is 2.38. The molecule has 3 aromatic carbocycles. The van der Waals surface area contributed by atoms with E-state index < -0.39 is 23.2 Å². The van der Waals surface area contributed by atoms with Crippen molar-refractivity contribution in [1.82, 2.24) is 14.9 Å². The standard InChI is InChI=1S/C29H26F3N3O3/c1-28(16-26(36)37)27-34-24(17-35(27)14-13-33-28)22-11-12-25(23(15-22)29(30,31)32)38-18-19-7-9-21(10-8-19)20-5-3-2-4-6-20/h2-12,15,17,33H,13-14,16,18H2,1H3,(H,36,37)/t28-/m0/s1. The van der Waals surface area contributed by atoms with Gasteiger partial charge in [0, 0.05) is 24.8 Å². The number of aromatic nitrogens is 2. The normalized spacial score (nSPS) is 17.2. The number of fused-ring (bicyclic) bond motifs is 1. The third-order valence-corrected chi connectivity index (χ3v) is 6.68. The minimum absolute atomic E-state index is 0.0184. The van der Waals surface area contributed by atoms with Gasteiger partial charge in [-0.2, -0.15) is 13.2 Å². The van der Waals surface area contributed by atoms with Crippen molar-refractivity contribution in [2.24, 2.45) is 0 Å². The van der Waals surface area contributed by atoms with Gasteiger partial charge in [-0.1, -0.05) is 54.6 Å². The van der Waals surface area contributed by atoms with E-state index >= 15 is 0 Å². The molecule has 5 rings (SSSR count). The molecule has 0 fully saturated rings. The lowest BCUT2D eigenvalue weighted by molar-refractivity contribution is -0.140. The van der Waals surface area contributed by atoms with Crippen LogP contribution in [0.5, 0.6) is 5.75 Å². The number of ether oxygens (including phenoxy) is 1. The highest BCUT2D eigenvalue weighted by atomic mass is 19.4. The van der Waals surface area contributed by atoms with Gasteiger partial charge in [-0.3, -0.25) is 4.79 Å². The van der Waals surface area contributed by atoms with Crippen LogP contribution in [0.15, 0.2) is 79.0 Å². The van der Waals surface area contributed by atoms with Crippen LogP contribution in [0.2, 0.25) is 0 Å². The van der Waals surface area contributed by atoms with Crippen molar-refractivity contribution in [1.29, 1.82) is 0 Å². The molecule has 0 saturated heterocycles. The molecule has 0 radical (unpaired) electrons. The second kappa shape index (κ2) is 9.98. The van der Waals surface area contributed by atoms with Gasteiger partial charge in [-0.15, -0.1) is 0 Å². The summed E-state index contributed by atoms with van der Waals surface area (Å²) in [6.45, 7) is 2.77. The lowest BCUT2D eigenvalue weighted by Gasteiger charge is -2.33. The number of alkyl halides is 3. The number of benzene rings is 3. The van der Waals surface area contributed by atoms with Crippen molar-refractivity contribution >= 4 is 5.97 Å². The molecule has 1 aliphatic heterocycles. The van der Waals surface area contributed by atoms with Crippen LogP contribution >= 0.6 is 0 Å². The fourth-order valence-corrected chi connectivity index (χ4v) is 4.76. The van der Waals surface area contributed by atoms with Gasteiger partial charge in [0.15, 0.2) is 0 Å². The van der Waals surface area contributed by atoms with Crippen LogP contribution in [0, 0.1) is 0 Å². The lowest BCUT2D eigenvalue weighted by atomic mass is 9.95. The number of hydrogen-bond donors (Lipinski definition) is 2. The largest absolute Gasteiger partial charge is 0.488 e. The van der Waals surface area contributed by atoms with Crippen LogP contribution in [-0.4, -0.2) is 27.2 Å². The van der Waals surface area contributed by atoms with Crippen molar-refractivity contribution in [3.05, 3.63) is 95.9 Å². The second-order valence-corrected chi connectivity index (χ2v) is 9.53. The highest BCUT2D eigenvalue weighted by molar-refractivity contribution is 5.69. The van der Waals surface area contributed by atoms with Crippen LogP contribution in [0.25, 0.3) is 22.4 Å². The number of carbonyl (C=O) groups is 1. The average molecular weight is 522 g/mol. The zero-order valence-corrected chi connectivity index (χ0v) is 20.6. The van der Waals surface area contributed by atoms with Crippen LogP contribution in [0.1, 0.15) is 30.3 Å². The van der Waals surface area contributed by atoms with E-state index in [9.17, 15) is 23.1 Å². The molecule has 2 heterocycles. The number of rotatable bonds is 7. The number of aliphatic carboxylic acids is 1. The topological polar surface area (TPSA) is 76.4 Å². The third-order valence-electron chi connectivity index (χ3n) is 6.68. The third kappa shape index (κ3) is 5.28. The summed E-state index contributed by atoms with van der Waals surface area (Å²) < 4.78 is 49.5. The number of nitrogens with one attached hydrogen (secondary N) is 1. The predicted octanol–water partition coefficient (Wildman–Crippen LogP) is 6.11. The molecule has 0 unspecified atom stereocenters. The molecule has 4 aromatic rings. The van der Waals surface area contributed by atoms with Crippen LogP contribution in [0.4, 0.5) is 13.2 Å². The zero-order chi connectivity index (χ0) is 26.9. The van der Waals surface area contributed by atoms with Gasteiger partial charge in [0.05, 0.1) is 23.2 Å². The van der Waals surface area contributed by atoms with E-state index in [1.807, 2.05) is 54.6 Å². The predicted molar refractivity (Wildman–Crippen MR) is 136 cm³/mol. The first kappa shape index (κ1) is 25.5. The van der Waals surface area contributed by atoms with Gasteiger partial charge in [0.2, 0.25) is 0 Å². The van der Waals surface area contributed by atoms with Crippen molar-refractivity contribution in [2.45, 2.75) is 38.2 Å². The molecule has 0 aliphatic carbocycles. The maximum Gasteiger partial charge on any atom is 0.419 e. The van der Waals surface area contributed by atoms with E-state index in [1.54, 1.807) is 23.8 Å². The lowest BCUT2D eigenvalue weighted by Crippen LogP contribution is -2.48. The molecule has 196 valence electrons. The van der Waals surface area contributed by atoms with Crippen molar-refractivity contribution in [2.75, 3.05) is 6.54 Å². The Kier molecular flexibility index (Phi) is 6.71. The summed E-state index contributed by atoms with van der Waals surface area (Å²) in [6.07, 6.45) is -3.17. The smallest absolute Gasteiger partial charge is 0.419 e. The van der Waals surface area contributed by atoms with Gasteiger partial charge in [0.25, 0.3) is 0 Å². The molecule has 38 heavy (non-hydrogen) atoms. The first-order valence-electron chi connectivity index (χ1n) is 12.2. The van der Waals surface area contributed by atoms with Gasteiger partial charge in [-0.25, -0.2) is 4.98 Å². The van der Waals surface area contributed by atoms with Gasteiger partial charge in [-0.05, 0) is 41.8 Å². The Labute approximate surface area is 217 Å². The Hall–Kier alpha value is -4.11. The summed E-state index contributed by atoms with van der Waals surface area (Å²) in [6, 6.07) is 21.2. The Morgan fingerprint density at radius 2 is 1.74 bits per heavy atom. The summed E-state index contributed by atoms with van der Waals surface area (Å²) in [5.41, 5.74) is 1.60. The zero-order valence-electron chi connectivity index (χ0n) is 20.6. The first-order valence-corrected chi connectivity index (χ1v) is 12.2. The fourth-order valence-electron chi connectivity index (χ4n) is 4.76. The number of nitrogens with zero attached hydrogens (tertiary/aromatic N) is 2. The maximum atomic E-state index is 14.0. The molecule has 1 atom stereocenters. The Balaban J connectivity index is 1.39. The van der Waals surface area contributed by atoms with E-state index in [2.05, 4.69) is 10.3 Å². The van der Waals surface area contributed by atoms with Crippen molar-refractivity contribution < 1.29 is 27.8 Å². The minimum Gasteiger partial charge on any atom is -0.488 e. The van der Waals surface area contributed by atoms with E-state index in [1.165, 1.54) is 6.07 Å². The van der Waals surface area contributed by atoms with Crippen LogP contribution < -0.4 is 10.1 Å². The van der Waals surface area contributed by atoms with E-state index in [-0.39, 0.29) is 24.3 Å². The highest BCUT2D eigenvalue weighted by Crippen LogP contribution is 2.40. The van der Waals surface area contributed by atoms with Crippen LogP contribution in [0.3, 0.4) is 0 Å². The summed E-state index contributed by atoms with van der Waals surface area (Å²) in [7, 11) is 0. The molecule has 0 amide bonds. The molecule has 0 saturated carbocycles. The number of hydrogen-bond acceptors (Lipinski definition) is 4. The molecular formula is C29H26F3N3O3. The molecule has 1 aliphatic rings. The Morgan fingerprint density at radius 3 is 2.42 bits per heavy atom. The van der Waals surface area contributed by atoms with Crippen LogP contribution in [-0.2, 0) is 29.7 Å². The second-order valence-electron chi connectivity index (χ2n) is 9.53. The maximum absolute atomic E-state index is 14.0. The summed E-state index contributed by atoms with van der Waals surface area (Å²) in [4.78, 5) is 15.9. The molecule has 6 nitrogen and oxygen atoms in total. The summed E-state index contributed by atoms with van der Waals surface area (Å²) in [5.74, 6) is -0.780. The molecule has 2 N–H and O–H groups in total. The fraction of sp³-hybridized carbons (Fsp3) is 0.241.